The molecule has 0 amide bonds. The summed E-state index contributed by atoms with van der Waals surface area (Å²) < 4.78 is 0. The van der Waals surface area contributed by atoms with Crippen LogP contribution in [0.2, 0.25) is 0 Å². The van der Waals surface area contributed by atoms with Gasteiger partial charge in [0.05, 0.1) is 37.7 Å². The van der Waals surface area contributed by atoms with Crippen LogP contribution in [0.1, 0.15) is 0 Å². The van der Waals surface area contributed by atoms with Crippen molar-refractivity contribution in [1.82, 2.24) is 0 Å². The van der Waals surface area contributed by atoms with Crippen LogP contribution in [-0.2, 0) is 0 Å². The molecule has 0 aliphatic heterocycles. The minimum absolute atomic E-state index is 0.0657. The average Bonchev–Trinajstić information content (AvgIpc) is 2.92. The van der Waals surface area contributed by atoms with Crippen LogP contribution in [-0.4, -0.2) is 38.0 Å². The highest BCUT2D eigenvalue weighted by molar-refractivity contribution is 5.58. The molecule has 0 radical (unpaired) electrons. The monoisotopic (exact) mass is 452 g/mol. The van der Waals surface area contributed by atoms with Gasteiger partial charge in [0.25, 0.3) is 0 Å². The van der Waals surface area contributed by atoms with Crippen molar-refractivity contribution in [2.24, 2.45) is 0 Å². The normalized spacial score (nSPS) is 10.5. The van der Waals surface area contributed by atoms with Crippen LogP contribution in [0.4, 0.5) is 22.7 Å². The van der Waals surface area contributed by atoms with Crippen molar-refractivity contribution in [2.75, 3.05) is 53.1 Å². The van der Waals surface area contributed by atoms with Crippen LogP contribution < -0.4 is 20.2 Å². The molecule has 0 spiro atoms. The maximum absolute atomic E-state index is 9.87. The molecule has 0 unspecified atom stereocenters. The molecule has 0 fully saturated rings. The van der Waals surface area contributed by atoms with Crippen molar-refractivity contribution in [3.05, 3.63) is 121 Å². The summed E-state index contributed by atoms with van der Waals surface area (Å²) in [6.07, 6.45) is 0. The largest absolute Gasteiger partial charge is 0.394 e. The van der Waals surface area contributed by atoms with Gasteiger partial charge in [-0.15, -0.1) is 0 Å². The van der Waals surface area contributed by atoms with E-state index in [1.54, 1.807) is 0 Å². The Morgan fingerprint density at radius 3 is 1.44 bits per heavy atom. The Morgan fingerprint density at radius 1 is 0.500 bits per heavy atom. The summed E-state index contributed by atoms with van der Waals surface area (Å²) in [5.41, 5.74) is 4.39. The Kier molecular flexibility index (Phi) is 8.41. The van der Waals surface area contributed by atoms with Crippen LogP contribution in [0.5, 0.6) is 0 Å². The van der Waals surface area contributed by atoms with Gasteiger partial charge in [0.1, 0.15) is 0 Å². The van der Waals surface area contributed by atoms with Gasteiger partial charge in [0.15, 0.2) is 0 Å². The highest BCUT2D eigenvalue weighted by Gasteiger charge is 2.18. The Labute approximate surface area is 202 Å². The molecular formula is C29H32N4O. The van der Waals surface area contributed by atoms with E-state index < -0.39 is 0 Å². The number of nitrogens with zero attached hydrogens (tertiary/aromatic N) is 3. The quantitative estimate of drug-likeness (QED) is 0.220. The molecule has 0 aliphatic carbocycles. The molecule has 0 bridgehead atoms. The molecular weight excluding hydrogens is 420 g/mol. The summed E-state index contributed by atoms with van der Waals surface area (Å²) in [6.45, 7) is 2.78. The van der Waals surface area contributed by atoms with E-state index in [2.05, 4.69) is 93.0 Å². The van der Waals surface area contributed by atoms with Crippen molar-refractivity contribution in [3.8, 4) is 0 Å². The molecule has 4 aromatic rings. The van der Waals surface area contributed by atoms with E-state index in [4.69, 9.17) is 0 Å². The molecule has 174 valence electrons. The number of aliphatic hydroxyl groups excluding tert-OH is 1. The zero-order chi connectivity index (χ0) is 23.4. The summed E-state index contributed by atoms with van der Waals surface area (Å²) in [4.78, 5) is 2.34. The summed E-state index contributed by atoms with van der Waals surface area (Å²) >= 11 is 0. The van der Waals surface area contributed by atoms with E-state index in [1.165, 1.54) is 0 Å². The number of anilines is 4. The predicted molar refractivity (Wildman–Crippen MR) is 143 cm³/mol. The van der Waals surface area contributed by atoms with Crippen molar-refractivity contribution in [3.63, 3.8) is 0 Å². The summed E-state index contributed by atoms with van der Waals surface area (Å²) in [6, 6.07) is 41.3. The maximum Gasteiger partial charge on any atom is 0.0877 e. The molecule has 0 saturated heterocycles. The van der Waals surface area contributed by atoms with Gasteiger partial charge >= 0.3 is 0 Å². The highest BCUT2D eigenvalue weighted by atomic mass is 16.3. The van der Waals surface area contributed by atoms with Gasteiger partial charge in [-0.25, -0.2) is 0 Å². The molecule has 0 aliphatic rings. The first-order valence-electron chi connectivity index (χ1n) is 11.7. The Hall–Kier alpha value is -3.96. The minimum atomic E-state index is 0.0657. The van der Waals surface area contributed by atoms with Gasteiger partial charge in [-0.1, -0.05) is 72.8 Å². The van der Waals surface area contributed by atoms with Gasteiger partial charge in [-0.3, -0.25) is 10.0 Å². The number of benzene rings is 4. The standard InChI is InChI=1S/C29H32N4O/c34-24-23-33(29-19-11-4-12-20-29)32(28-17-9-3-10-18-28)22-21-31(27-15-7-2-8-16-27)25-30-26-13-5-1-6-14-26/h1-20,30,34H,21-25H2. The molecule has 2 N–H and O–H groups in total. The highest BCUT2D eigenvalue weighted by Crippen LogP contribution is 2.23. The fourth-order valence-electron chi connectivity index (χ4n) is 3.97. The predicted octanol–water partition coefficient (Wildman–Crippen LogP) is 5.48. The van der Waals surface area contributed by atoms with Crippen LogP contribution in [0.3, 0.4) is 0 Å². The third kappa shape index (κ3) is 6.30. The minimum Gasteiger partial charge on any atom is -0.394 e. The molecule has 0 atom stereocenters. The molecule has 34 heavy (non-hydrogen) atoms. The Bertz CT molecular complexity index is 1080. The molecule has 4 aromatic carbocycles. The lowest BCUT2D eigenvalue weighted by molar-refractivity contribution is 0.300. The second-order valence-electron chi connectivity index (χ2n) is 7.94. The number of hydrogen-bond acceptors (Lipinski definition) is 5. The molecule has 0 heterocycles. The maximum atomic E-state index is 9.87. The third-order valence-electron chi connectivity index (χ3n) is 5.66. The number of para-hydroxylation sites is 4. The van der Waals surface area contributed by atoms with E-state index in [0.29, 0.717) is 13.2 Å². The first kappa shape index (κ1) is 23.2. The van der Waals surface area contributed by atoms with Crippen LogP contribution in [0.15, 0.2) is 121 Å². The Morgan fingerprint density at radius 2 is 0.941 bits per heavy atom. The molecule has 5 nitrogen and oxygen atoms in total. The second-order valence-corrected chi connectivity index (χ2v) is 7.94. The van der Waals surface area contributed by atoms with Gasteiger partial charge in [-0.2, -0.15) is 0 Å². The molecule has 0 saturated carbocycles. The van der Waals surface area contributed by atoms with Gasteiger partial charge in [-0.05, 0) is 48.5 Å². The van der Waals surface area contributed by atoms with Crippen LogP contribution >= 0.6 is 0 Å². The van der Waals surface area contributed by atoms with Crippen molar-refractivity contribution >= 4 is 22.7 Å². The molecule has 0 aromatic heterocycles. The first-order chi connectivity index (χ1) is 16.8. The average molecular weight is 453 g/mol. The number of nitrogens with one attached hydrogen (secondary N) is 1. The van der Waals surface area contributed by atoms with Crippen molar-refractivity contribution in [2.45, 2.75) is 0 Å². The van der Waals surface area contributed by atoms with Crippen LogP contribution in [0.25, 0.3) is 0 Å². The lowest BCUT2D eigenvalue weighted by atomic mass is 10.2. The van der Waals surface area contributed by atoms with Gasteiger partial charge in [0.2, 0.25) is 0 Å². The topological polar surface area (TPSA) is 42.0 Å². The molecule has 5 heteroatoms. The number of hydrogen-bond donors (Lipinski definition) is 2. The van der Waals surface area contributed by atoms with E-state index in [0.717, 1.165) is 35.8 Å². The fourth-order valence-corrected chi connectivity index (χ4v) is 3.97. The van der Waals surface area contributed by atoms with E-state index in [-0.39, 0.29) is 6.61 Å². The van der Waals surface area contributed by atoms with E-state index in [1.807, 2.05) is 48.5 Å². The van der Waals surface area contributed by atoms with Crippen LogP contribution in [0, 0.1) is 0 Å². The Balaban J connectivity index is 1.58. The summed E-state index contributed by atoms with van der Waals surface area (Å²) in [5.74, 6) is 0. The van der Waals surface area contributed by atoms with E-state index in [9.17, 15) is 5.11 Å². The number of hydrazine groups is 1. The SMILES string of the molecule is OCCN(c1ccccc1)N(CCN(CNc1ccccc1)c1ccccc1)c1ccccc1. The van der Waals surface area contributed by atoms with Crippen molar-refractivity contribution in [1.29, 1.82) is 0 Å². The zero-order valence-corrected chi connectivity index (χ0v) is 19.4. The van der Waals surface area contributed by atoms with E-state index >= 15 is 0 Å². The molecule has 4 rings (SSSR count). The van der Waals surface area contributed by atoms with Gasteiger partial charge in [0, 0.05) is 17.9 Å². The smallest absolute Gasteiger partial charge is 0.0877 e. The number of aliphatic hydroxyl groups is 1. The number of rotatable bonds is 12. The lowest BCUT2D eigenvalue weighted by Gasteiger charge is -2.39. The van der Waals surface area contributed by atoms with Crippen molar-refractivity contribution < 1.29 is 5.11 Å². The fraction of sp³-hybridized carbons (Fsp3) is 0.172. The lowest BCUT2D eigenvalue weighted by Crippen LogP contribution is -2.49. The van der Waals surface area contributed by atoms with Gasteiger partial charge < -0.3 is 15.3 Å². The third-order valence-corrected chi connectivity index (χ3v) is 5.66. The summed E-state index contributed by atoms with van der Waals surface area (Å²) in [7, 11) is 0. The second kappa shape index (κ2) is 12.3. The first-order valence-corrected chi connectivity index (χ1v) is 11.7. The summed E-state index contributed by atoms with van der Waals surface area (Å²) in [5, 5.41) is 17.8. The zero-order valence-electron chi connectivity index (χ0n) is 19.4.